The lowest BCUT2D eigenvalue weighted by Gasteiger charge is -2.21. The standard InChI is InChI=1S/C11H25NO3/c1-10(2,3)14-8-12-7-13-9-15-11(4,5)6/h12H,7-9H2,1-6H3. The molecule has 1 N–H and O–H groups in total. The first-order valence-electron chi connectivity index (χ1n) is 5.27. The number of hydrogen-bond donors (Lipinski definition) is 1. The highest BCUT2D eigenvalue weighted by Gasteiger charge is 2.10. The molecule has 0 spiro atoms. The predicted molar refractivity (Wildman–Crippen MR) is 60.5 cm³/mol. The van der Waals surface area contributed by atoms with Crippen LogP contribution in [-0.2, 0) is 14.2 Å². The van der Waals surface area contributed by atoms with Gasteiger partial charge in [0.25, 0.3) is 0 Å². The summed E-state index contributed by atoms with van der Waals surface area (Å²) < 4.78 is 16.0. The molecule has 0 heterocycles. The van der Waals surface area contributed by atoms with Gasteiger partial charge in [-0.3, -0.25) is 5.32 Å². The summed E-state index contributed by atoms with van der Waals surface area (Å²) in [5, 5.41) is 3.00. The van der Waals surface area contributed by atoms with Crippen LogP contribution in [0.3, 0.4) is 0 Å². The van der Waals surface area contributed by atoms with E-state index in [0.29, 0.717) is 20.3 Å². The van der Waals surface area contributed by atoms with Crippen molar-refractivity contribution in [2.75, 3.05) is 20.3 Å². The Morgan fingerprint density at radius 2 is 1.33 bits per heavy atom. The fourth-order valence-electron chi connectivity index (χ4n) is 0.641. The molecule has 4 heteroatoms. The van der Waals surface area contributed by atoms with Gasteiger partial charge in [0.15, 0.2) is 0 Å². The van der Waals surface area contributed by atoms with E-state index in [1.54, 1.807) is 0 Å². The maximum absolute atomic E-state index is 5.44. The van der Waals surface area contributed by atoms with E-state index < -0.39 is 0 Å². The summed E-state index contributed by atoms with van der Waals surface area (Å²) in [6.07, 6.45) is 0. The molecule has 0 aromatic heterocycles. The number of ether oxygens (including phenoxy) is 3. The zero-order valence-corrected chi connectivity index (χ0v) is 10.8. The average Bonchev–Trinajstić information content (AvgIpc) is 1.98. The van der Waals surface area contributed by atoms with E-state index >= 15 is 0 Å². The normalized spacial score (nSPS) is 13.2. The Balaban J connectivity index is 3.20. The van der Waals surface area contributed by atoms with Gasteiger partial charge in [0.05, 0.1) is 17.9 Å². The summed E-state index contributed by atoms with van der Waals surface area (Å²) in [6, 6.07) is 0. The number of nitrogens with one attached hydrogen (secondary N) is 1. The van der Waals surface area contributed by atoms with Crippen LogP contribution in [0.15, 0.2) is 0 Å². The van der Waals surface area contributed by atoms with Crippen molar-refractivity contribution in [3.63, 3.8) is 0 Å². The minimum absolute atomic E-state index is 0.116. The largest absolute Gasteiger partial charge is 0.361 e. The lowest BCUT2D eigenvalue weighted by atomic mass is 10.2. The van der Waals surface area contributed by atoms with Gasteiger partial charge in [-0.2, -0.15) is 0 Å². The van der Waals surface area contributed by atoms with Crippen LogP contribution in [0.4, 0.5) is 0 Å². The van der Waals surface area contributed by atoms with E-state index in [1.165, 1.54) is 0 Å². The van der Waals surface area contributed by atoms with Crippen molar-refractivity contribution in [2.45, 2.75) is 52.7 Å². The van der Waals surface area contributed by atoms with Crippen molar-refractivity contribution in [1.29, 1.82) is 0 Å². The van der Waals surface area contributed by atoms with Gasteiger partial charge in [-0.1, -0.05) is 0 Å². The smallest absolute Gasteiger partial charge is 0.149 e. The minimum Gasteiger partial charge on any atom is -0.361 e. The first kappa shape index (κ1) is 14.8. The first-order valence-corrected chi connectivity index (χ1v) is 5.27. The molecule has 0 aromatic rings. The van der Waals surface area contributed by atoms with Gasteiger partial charge in [-0.15, -0.1) is 0 Å². The second-order valence-electron chi connectivity index (χ2n) is 5.37. The Morgan fingerprint density at radius 1 is 0.800 bits per heavy atom. The van der Waals surface area contributed by atoms with Crippen LogP contribution >= 0.6 is 0 Å². The molecular formula is C11H25NO3. The van der Waals surface area contributed by atoms with Crippen molar-refractivity contribution < 1.29 is 14.2 Å². The third-order valence-corrected chi connectivity index (χ3v) is 1.39. The molecule has 4 nitrogen and oxygen atoms in total. The summed E-state index contributed by atoms with van der Waals surface area (Å²) in [4.78, 5) is 0. The van der Waals surface area contributed by atoms with Crippen LogP contribution in [-0.4, -0.2) is 31.5 Å². The van der Waals surface area contributed by atoms with Crippen molar-refractivity contribution in [1.82, 2.24) is 5.32 Å². The van der Waals surface area contributed by atoms with Crippen LogP contribution in [0.1, 0.15) is 41.5 Å². The molecular weight excluding hydrogens is 194 g/mol. The highest BCUT2D eigenvalue weighted by atomic mass is 16.7. The molecule has 0 bridgehead atoms. The summed E-state index contributed by atoms with van der Waals surface area (Å²) in [6.45, 7) is 13.2. The molecule has 0 aliphatic rings. The third-order valence-electron chi connectivity index (χ3n) is 1.39. The van der Waals surface area contributed by atoms with Gasteiger partial charge < -0.3 is 14.2 Å². The fourth-order valence-corrected chi connectivity index (χ4v) is 0.641. The molecule has 0 aliphatic carbocycles. The van der Waals surface area contributed by atoms with E-state index in [9.17, 15) is 0 Å². The molecule has 0 saturated heterocycles. The molecule has 15 heavy (non-hydrogen) atoms. The molecule has 0 saturated carbocycles. The zero-order valence-electron chi connectivity index (χ0n) is 10.8. The highest BCUT2D eigenvalue weighted by Crippen LogP contribution is 2.06. The summed E-state index contributed by atoms with van der Waals surface area (Å²) >= 11 is 0. The lowest BCUT2D eigenvalue weighted by molar-refractivity contribution is -0.128. The Morgan fingerprint density at radius 3 is 1.80 bits per heavy atom. The van der Waals surface area contributed by atoms with E-state index in [1.807, 2.05) is 41.5 Å². The van der Waals surface area contributed by atoms with Crippen LogP contribution < -0.4 is 5.32 Å². The molecule has 0 atom stereocenters. The van der Waals surface area contributed by atoms with Gasteiger partial charge >= 0.3 is 0 Å². The van der Waals surface area contributed by atoms with Gasteiger partial charge in [0.2, 0.25) is 0 Å². The fraction of sp³-hybridized carbons (Fsp3) is 1.00. The maximum atomic E-state index is 5.44. The quantitative estimate of drug-likeness (QED) is 0.548. The molecule has 0 unspecified atom stereocenters. The van der Waals surface area contributed by atoms with Crippen LogP contribution in [0.5, 0.6) is 0 Å². The highest BCUT2D eigenvalue weighted by molar-refractivity contribution is 4.57. The van der Waals surface area contributed by atoms with Gasteiger partial charge in [0, 0.05) is 0 Å². The predicted octanol–water partition coefficient (Wildman–Crippen LogP) is 2.10. The Bertz CT molecular complexity index is 140. The van der Waals surface area contributed by atoms with Gasteiger partial charge in [-0.25, -0.2) is 0 Å². The van der Waals surface area contributed by atoms with Crippen LogP contribution in [0, 0.1) is 0 Å². The van der Waals surface area contributed by atoms with Crippen LogP contribution in [0.2, 0.25) is 0 Å². The van der Waals surface area contributed by atoms with Gasteiger partial charge in [-0.05, 0) is 41.5 Å². The topological polar surface area (TPSA) is 39.7 Å². The van der Waals surface area contributed by atoms with Crippen molar-refractivity contribution in [2.24, 2.45) is 0 Å². The first-order chi connectivity index (χ1) is 6.71. The number of rotatable bonds is 6. The second kappa shape index (κ2) is 6.43. The molecule has 0 rings (SSSR count). The van der Waals surface area contributed by atoms with Crippen molar-refractivity contribution in [3.8, 4) is 0 Å². The Hall–Kier alpha value is -0.160. The number of hydrogen-bond acceptors (Lipinski definition) is 4. The van der Waals surface area contributed by atoms with E-state index in [4.69, 9.17) is 14.2 Å². The molecule has 0 amide bonds. The molecule has 0 aliphatic heterocycles. The summed E-state index contributed by atoms with van der Waals surface area (Å²) in [5.41, 5.74) is -0.267. The molecule has 0 fully saturated rings. The monoisotopic (exact) mass is 219 g/mol. The third kappa shape index (κ3) is 13.8. The molecule has 0 radical (unpaired) electrons. The van der Waals surface area contributed by atoms with E-state index in [-0.39, 0.29) is 11.2 Å². The summed E-state index contributed by atoms with van der Waals surface area (Å²) in [7, 11) is 0. The molecule has 92 valence electrons. The van der Waals surface area contributed by atoms with Crippen LogP contribution in [0.25, 0.3) is 0 Å². The van der Waals surface area contributed by atoms with Crippen molar-refractivity contribution >= 4 is 0 Å². The molecule has 0 aromatic carbocycles. The van der Waals surface area contributed by atoms with Crippen molar-refractivity contribution in [3.05, 3.63) is 0 Å². The Labute approximate surface area is 93.3 Å². The minimum atomic E-state index is -0.151. The van der Waals surface area contributed by atoms with Gasteiger partial charge in [0.1, 0.15) is 13.5 Å². The second-order valence-corrected chi connectivity index (χ2v) is 5.37. The van der Waals surface area contributed by atoms with E-state index in [2.05, 4.69) is 5.32 Å². The maximum Gasteiger partial charge on any atom is 0.149 e. The van der Waals surface area contributed by atoms with E-state index in [0.717, 1.165) is 0 Å². The lowest BCUT2D eigenvalue weighted by Crippen LogP contribution is -2.30. The Kier molecular flexibility index (Phi) is 6.36. The summed E-state index contributed by atoms with van der Waals surface area (Å²) in [5.74, 6) is 0. The average molecular weight is 219 g/mol. The SMILES string of the molecule is CC(C)(C)OCNCOCOC(C)(C)C. The zero-order chi connectivity index (χ0) is 11.9.